The maximum atomic E-state index is 12.4. The molecule has 1 aromatic heterocycles. The first-order valence-corrected chi connectivity index (χ1v) is 9.52. The van der Waals surface area contributed by atoms with Gasteiger partial charge < -0.3 is 21.7 Å². The van der Waals surface area contributed by atoms with Crippen LogP contribution in [0, 0.1) is 5.92 Å². The lowest BCUT2D eigenvalue weighted by atomic mass is 9.97. The number of nitrogens with two attached hydrogens (primary N) is 2. The highest BCUT2D eigenvalue weighted by molar-refractivity contribution is 5.95. The van der Waals surface area contributed by atoms with E-state index in [0.29, 0.717) is 30.3 Å². The Morgan fingerprint density at radius 1 is 1.29 bits per heavy atom. The monoisotopic (exact) mass is 382 g/mol. The van der Waals surface area contributed by atoms with Crippen molar-refractivity contribution in [2.45, 2.75) is 19.3 Å². The first kappa shape index (κ1) is 19.8. The van der Waals surface area contributed by atoms with Crippen LogP contribution in [0.5, 0.6) is 0 Å². The van der Waals surface area contributed by atoms with E-state index in [2.05, 4.69) is 20.2 Å². The van der Waals surface area contributed by atoms with Gasteiger partial charge in [0.05, 0.1) is 5.92 Å². The summed E-state index contributed by atoms with van der Waals surface area (Å²) in [4.78, 5) is 34.4. The number of primary amides is 1. The van der Waals surface area contributed by atoms with Crippen molar-refractivity contribution in [1.29, 1.82) is 0 Å². The van der Waals surface area contributed by atoms with Gasteiger partial charge in [-0.05, 0) is 50.6 Å². The SMILES string of the molecule is NC(=O)[C@@H]1CCCN(CCCNC(=O)c2cccc(-c3nccc(N)n3)c2)C1. The number of nitrogens with zero attached hydrogens (tertiary/aromatic N) is 3. The van der Waals surface area contributed by atoms with Crippen molar-refractivity contribution in [3.63, 3.8) is 0 Å². The van der Waals surface area contributed by atoms with Gasteiger partial charge in [0.1, 0.15) is 5.82 Å². The number of likely N-dealkylation sites (tertiary alicyclic amines) is 1. The lowest BCUT2D eigenvalue weighted by Crippen LogP contribution is -2.42. The van der Waals surface area contributed by atoms with E-state index >= 15 is 0 Å². The van der Waals surface area contributed by atoms with Crippen molar-refractivity contribution in [2.24, 2.45) is 11.7 Å². The van der Waals surface area contributed by atoms with Crippen LogP contribution < -0.4 is 16.8 Å². The lowest BCUT2D eigenvalue weighted by molar-refractivity contribution is -0.123. The molecule has 8 heteroatoms. The molecule has 0 aliphatic carbocycles. The van der Waals surface area contributed by atoms with E-state index in [1.54, 1.807) is 30.5 Å². The van der Waals surface area contributed by atoms with E-state index in [0.717, 1.165) is 37.9 Å². The molecule has 2 heterocycles. The van der Waals surface area contributed by atoms with Gasteiger partial charge in [-0.15, -0.1) is 0 Å². The van der Waals surface area contributed by atoms with Crippen molar-refractivity contribution in [1.82, 2.24) is 20.2 Å². The highest BCUT2D eigenvalue weighted by Gasteiger charge is 2.23. The molecule has 2 amide bonds. The van der Waals surface area contributed by atoms with Gasteiger partial charge in [0.2, 0.25) is 5.91 Å². The highest BCUT2D eigenvalue weighted by atomic mass is 16.2. The fourth-order valence-electron chi connectivity index (χ4n) is 3.41. The average molecular weight is 382 g/mol. The van der Waals surface area contributed by atoms with Gasteiger partial charge in [0, 0.05) is 30.4 Å². The smallest absolute Gasteiger partial charge is 0.251 e. The number of benzene rings is 1. The van der Waals surface area contributed by atoms with Crippen LogP contribution in [0.3, 0.4) is 0 Å². The summed E-state index contributed by atoms with van der Waals surface area (Å²) in [5.74, 6) is 0.460. The van der Waals surface area contributed by atoms with Gasteiger partial charge in [0.25, 0.3) is 5.91 Å². The molecule has 28 heavy (non-hydrogen) atoms. The Bertz CT molecular complexity index is 841. The Labute approximate surface area is 164 Å². The molecule has 2 aromatic rings. The van der Waals surface area contributed by atoms with Gasteiger partial charge in [-0.3, -0.25) is 9.59 Å². The number of aromatic nitrogens is 2. The zero-order valence-corrected chi connectivity index (χ0v) is 15.8. The summed E-state index contributed by atoms with van der Waals surface area (Å²) >= 11 is 0. The van der Waals surface area contributed by atoms with Crippen molar-refractivity contribution >= 4 is 17.6 Å². The van der Waals surface area contributed by atoms with Crippen LogP contribution in [0.4, 0.5) is 5.82 Å². The van der Waals surface area contributed by atoms with Crippen LogP contribution in [0.15, 0.2) is 36.5 Å². The molecule has 1 aromatic carbocycles. The predicted octanol–water partition coefficient (Wildman–Crippen LogP) is 1.04. The lowest BCUT2D eigenvalue weighted by Gasteiger charge is -2.31. The summed E-state index contributed by atoms with van der Waals surface area (Å²) in [6.45, 7) is 3.09. The second-order valence-electron chi connectivity index (χ2n) is 7.04. The van der Waals surface area contributed by atoms with Crippen LogP contribution in [-0.4, -0.2) is 52.9 Å². The molecule has 5 N–H and O–H groups in total. The predicted molar refractivity (Wildman–Crippen MR) is 107 cm³/mol. The number of nitrogen functional groups attached to an aromatic ring is 1. The summed E-state index contributed by atoms with van der Waals surface area (Å²) in [6.07, 6.45) is 4.26. The number of anilines is 1. The Kier molecular flexibility index (Phi) is 6.54. The summed E-state index contributed by atoms with van der Waals surface area (Å²) in [7, 11) is 0. The number of carbonyl (C=O) groups is 2. The number of hydrogen-bond donors (Lipinski definition) is 3. The zero-order valence-electron chi connectivity index (χ0n) is 15.8. The zero-order chi connectivity index (χ0) is 19.9. The maximum absolute atomic E-state index is 12.4. The Hall–Kier alpha value is -3.00. The fourth-order valence-corrected chi connectivity index (χ4v) is 3.41. The third kappa shape index (κ3) is 5.26. The second kappa shape index (κ2) is 9.27. The van der Waals surface area contributed by atoms with Crippen LogP contribution in [0.2, 0.25) is 0 Å². The first-order chi connectivity index (χ1) is 13.5. The number of amides is 2. The average Bonchev–Trinajstić information content (AvgIpc) is 2.71. The Morgan fingerprint density at radius 2 is 2.14 bits per heavy atom. The quantitative estimate of drug-likeness (QED) is 0.614. The molecule has 148 valence electrons. The van der Waals surface area contributed by atoms with Gasteiger partial charge in [-0.2, -0.15) is 0 Å². The molecule has 1 aliphatic heterocycles. The molecule has 0 saturated carbocycles. The maximum Gasteiger partial charge on any atom is 0.251 e. The summed E-state index contributed by atoms with van der Waals surface area (Å²) in [6, 6.07) is 8.78. The third-order valence-electron chi connectivity index (χ3n) is 4.90. The molecule has 0 unspecified atom stereocenters. The van der Waals surface area contributed by atoms with E-state index < -0.39 is 0 Å². The van der Waals surface area contributed by atoms with Crippen molar-refractivity contribution in [2.75, 3.05) is 31.9 Å². The van der Waals surface area contributed by atoms with Gasteiger partial charge in [-0.1, -0.05) is 12.1 Å². The minimum atomic E-state index is -0.220. The Morgan fingerprint density at radius 3 is 2.93 bits per heavy atom. The van der Waals surface area contributed by atoms with E-state index in [1.165, 1.54) is 0 Å². The molecule has 1 atom stereocenters. The molecule has 0 radical (unpaired) electrons. The normalized spacial score (nSPS) is 17.2. The minimum absolute atomic E-state index is 0.0553. The van der Waals surface area contributed by atoms with Gasteiger partial charge in [0.15, 0.2) is 5.82 Å². The minimum Gasteiger partial charge on any atom is -0.384 e. The van der Waals surface area contributed by atoms with E-state index in [-0.39, 0.29) is 17.7 Å². The largest absolute Gasteiger partial charge is 0.384 e. The number of carbonyl (C=O) groups excluding carboxylic acids is 2. The molecule has 3 rings (SSSR count). The highest BCUT2D eigenvalue weighted by Crippen LogP contribution is 2.17. The van der Waals surface area contributed by atoms with E-state index in [9.17, 15) is 9.59 Å². The summed E-state index contributed by atoms with van der Waals surface area (Å²) < 4.78 is 0. The number of piperidine rings is 1. The number of nitrogens with one attached hydrogen (secondary N) is 1. The van der Waals surface area contributed by atoms with Crippen molar-refractivity contribution < 1.29 is 9.59 Å². The van der Waals surface area contributed by atoms with E-state index in [1.807, 2.05) is 6.07 Å². The van der Waals surface area contributed by atoms with E-state index in [4.69, 9.17) is 11.5 Å². The van der Waals surface area contributed by atoms with Crippen LogP contribution >= 0.6 is 0 Å². The van der Waals surface area contributed by atoms with Crippen LogP contribution in [-0.2, 0) is 4.79 Å². The van der Waals surface area contributed by atoms with Crippen LogP contribution in [0.25, 0.3) is 11.4 Å². The number of hydrogen-bond acceptors (Lipinski definition) is 6. The molecule has 1 fully saturated rings. The van der Waals surface area contributed by atoms with Gasteiger partial charge in [-0.25, -0.2) is 9.97 Å². The van der Waals surface area contributed by atoms with Gasteiger partial charge >= 0.3 is 0 Å². The topological polar surface area (TPSA) is 127 Å². The standard InChI is InChI=1S/C20H26N6O2/c21-17-7-9-23-19(25-17)14-4-1-5-15(12-14)20(28)24-8-3-11-26-10-2-6-16(13-26)18(22)27/h1,4-5,7,9,12,16H,2-3,6,8,10-11,13H2,(H2,22,27)(H,24,28)(H2,21,23,25)/t16-/m1/s1. The first-order valence-electron chi connectivity index (χ1n) is 9.52. The van der Waals surface area contributed by atoms with Crippen molar-refractivity contribution in [3.05, 3.63) is 42.1 Å². The third-order valence-corrected chi connectivity index (χ3v) is 4.90. The molecule has 0 spiro atoms. The fraction of sp³-hybridized carbons (Fsp3) is 0.400. The number of rotatable bonds is 7. The Balaban J connectivity index is 1.49. The summed E-state index contributed by atoms with van der Waals surface area (Å²) in [5, 5.41) is 2.94. The molecule has 0 bridgehead atoms. The van der Waals surface area contributed by atoms with Crippen molar-refractivity contribution in [3.8, 4) is 11.4 Å². The molecule has 1 saturated heterocycles. The van der Waals surface area contributed by atoms with Crippen LogP contribution in [0.1, 0.15) is 29.6 Å². The summed E-state index contributed by atoms with van der Waals surface area (Å²) in [5.41, 5.74) is 12.4. The molecular weight excluding hydrogens is 356 g/mol. The molecule has 8 nitrogen and oxygen atoms in total. The second-order valence-corrected chi connectivity index (χ2v) is 7.04. The molecule has 1 aliphatic rings. The molecular formula is C20H26N6O2.